The van der Waals surface area contributed by atoms with Crippen LogP contribution in [0.3, 0.4) is 0 Å². The number of hydrogen-bond donors (Lipinski definition) is 2. The van der Waals surface area contributed by atoms with Crippen molar-refractivity contribution in [3.63, 3.8) is 0 Å². The van der Waals surface area contributed by atoms with Crippen molar-refractivity contribution in [3.05, 3.63) is 48.1 Å². The lowest BCUT2D eigenvalue weighted by Gasteiger charge is -2.22. The monoisotopic (exact) mass is 493 g/mol. The Balaban J connectivity index is 0.000000674. The van der Waals surface area contributed by atoms with Gasteiger partial charge in [-0.15, -0.1) is 0 Å². The maximum Gasteiger partial charge on any atom is 0.290 e. The average molecular weight is 494 g/mol. The summed E-state index contributed by atoms with van der Waals surface area (Å²) in [6.45, 7) is 4.36. The van der Waals surface area contributed by atoms with Crippen molar-refractivity contribution in [2.75, 3.05) is 6.54 Å². The molecule has 8 heteroatoms. The number of carboxylic acid groups (broad SMARTS) is 1. The third-order valence-electron chi connectivity index (χ3n) is 6.62. The molecule has 36 heavy (non-hydrogen) atoms. The van der Waals surface area contributed by atoms with Gasteiger partial charge in [-0.3, -0.25) is 14.9 Å². The van der Waals surface area contributed by atoms with Crippen molar-refractivity contribution in [1.82, 2.24) is 20.2 Å². The minimum absolute atomic E-state index is 0.250. The summed E-state index contributed by atoms with van der Waals surface area (Å²) < 4.78 is 6.12. The van der Waals surface area contributed by atoms with Crippen LogP contribution in [0.1, 0.15) is 95.5 Å². The van der Waals surface area contributed by atoms with Gasteiger partial charge in [0.1, 0.15) is 11.9 Å². The van der Waals surface area contributed by atoms with E-state index in [9.17, 15) is 0 Å². The molecule has 1 aliphatic heterocycles. The smallest absolute Gasteiger partial charge is 0.290 e. The summed E-state index contributed by atoms with van der Waals surface area (Å²) in [5.41, 5.74) is 2.94. The molecule has 0 radical (unpaired) electrons. The molecule has 2 saturated carbocycles. The van der Waals surface area contributed by atoms with Crippen LogP contribution in [-0.2, 0) is 9.53 Å². The molecule has 0 bridgehead atoms. The lowest BCUT2D eigenvalue weighted by Crippen LogP contribution is -2.19. The molecule has 3 aliphatic rings. The Hall–Kier alpha value is -3.29. The van der Waals surface area contributed by atoms with E-state index in [1.165, 1.54) is 51.4 Å². The zero-order chi connectivity index (χ0) is 25.6. The highest BCUT2D eigenvalue weighted by molar-refractivity contribution is 5.92. The largest absolute Gasteiger partial charge is 0.483 e. The van der Waals surface area contributed by atoms with Gasteiger partial charge in [-0.2, -0.15) is 5.10 Å². The molecule has 0 saturated heterocycles. The lowest BCUT2D eigenvalue weighted by atomic mass is 9.89. The fourth-order valence-electron chi connectivity index (χ4n) is 4.79. The van der Waals surface area contributed by atoms with Crippen LogP contribution in [0, 0.1) is 0 Å². The number of aliphatic imine (C=N–C) groups is 1. The Morgan fingerprint density at radius 2 is 1.69 bits per heavy atom. The summed E-state index contributed by atoms with van der Waals surface area (Å²) >= 11 is 0. The van der Waals surface area contributed by atoms with E-state index in [4.69, 9.17) is 19.6 Å². The third-order valence-corrected chi connectivity index (χ3v) is 6.62. The van der Waals surface area contributed by atoms with Crippen LogP contribution in [0.2, 0.25) is 0 Å². The maximum absolute atomic E-state index is 8.36. The van der Waals surface area contributed by atoms with Crippen LogP contribution in [0.5, 0.6) is 0 Å². The number of H-pyrrole nitrogens is 1. The van der Waals surface area contributed by atoms with E-state index in [1.54, 1.807) is 0 Å². The number of pyridine rings is 1. The summed E-state index contributed by atoms with van der Waals surface area (Å²) in [6, 6.07) is 4.09. The highest BCUT2D eigenvalue weighted by Crippen LogP contribution is 2.31. The van der Waals surface area contributed by atoms with E-state index in [-0.39, 0.29) is 6.47 Å². The van der Waals surface area contributed by atoms with E-state index in [1.807, 2.05) is 32.2 Å². The van der Waals surface area contributed by atoms with Crippen molar-refractivity contribution in [2.45, 2.75) is 90.1 Å². The van der Waals surface area contributed by atoms with Crippen molar-refractivity contribution >= 4 is 17.9 Å². The van der Waals surface area contributed by atoms with E-state index in [2.05, 4.69) is 38.4 Å². The molecule has 0 atom stereocenters. The van der Waals surface area contributed by atoms with Crippen LogP contribution in [0.25, 0.3) is 17.0 Å². The Kier molecular flexibility index (Phi) is 11.3. The van der Waals surface area contributed by atoms with Gasteiger partial charge in [0.25, 0.3) is 6.47 Å². The highest BCUT2D eigenvalue weighted by atomic mass is 16.5. The quantitative estimate of drug-likeness (QED) is 0.480. The number of carbonyl (C=O) groups is 1. The second-order valence-electron chi connectivity index (χ2n) is 8.97. The lowest BCUT2D eigenvalue weighted by molar-refractivity contribution is -0.122. The SMILES string of the molecule is C1=CC(OC2CCCCC2)=NCC=C1c1ccc(-c2n[nH]c(C3CCCCC3)n2)cn1.CC.O=CO. The van der Waals surface area contributed by atoms with E-state index in [0.717, 1.165) is 47.2 Å². The van der Waals surface area contributed by atoms with E-state index < -0.39 is 0 Å². The van der Waals surface area contributed by atoms with Crippen LogP contribution < -0.4 is 0 Å². The number of aromatic amines is 1. The zero-order valence-corrected chi connectivity index (χ0v) is 21.5. The van der Waals surface area contributed by atoms with Crippen molar-refractivity contribution in [1.29, 1.82) is 0 Å². The molecule has 0 aromatic carbocycles. The summed E-state index contributed by atoms with van der Waals surface area (Å²) in [7, 11) is 0. The highest BCUT2D eigenvalue weighted by Gasteiger charge is 2.20. The molecule has 2 N–H and O–H groups in total. The summed E-state index contributed by atoms with van der Waals surface area (Å²) in [4.78, 5) is 22.4. The second kappa shape index (κ2) is 15.0. The van der Waals surface area contributed by atoms with Gasteiger partial charge < -0.3 is 9.84 Å². The maximum atomic E-state index is 8.36. The number of allylic oxidation sites excluding steroid dienone is 2. The molecule has 194 valence electrons. The first kappa shape index (κ1) is 27.3. The molecule has 3 heterocycles. The molecule has 2 aliphatic carbocycles. The topological polar surface area (TPSA) is 113 Å². The normalized spacial score (nSPS) is 18.4. The van der Waals surface area contributed by atoms with Gasteiger partial charge in [0.2, 0.25) is 5.90 Å². The van der Waals surface area contributed by atoms with E-state index in [0.29, 0.717) is 18.6 Å². The number of nitrogens with one attached hydrogen (secondary N) is 1. The van der Waals surface area contributed by atoms with Crippen LogP contribution in [-0.4, -0.2) is 50.3 Å². The first-order chi connectivity index (χ1) is 17.8. The van der Waals surface area contributed by atoms with Crippen LogP contribution in [0.15, 0.2) is 41.6 Å². The van der Waals surface area contributed by atoms with Gasteiger partial charge in [-0.1, -0.05) is 45.6 Å². The molecule has 8 nitrogen and oxygen atoms in total. The Morgan fingerprint density at radius 3 is 2.36 bits per heavy atom. The summed E-state index contributed by atoms with van der Waals surface area (Å²) in [5.74, 6) is 3.02. The van der Waals surface area contributed by atoms with Crippen LogP contribution >= 0.6 is 0 Å². The Labute approximate surface area is 214 Å². The first-order valence-corrected chi connectivity index (χ1v) is 13.3. The van der Waals surface area contributed by atoms with E-state index >= 15 is 0 Å². The predicted octanol–water partition coefficient (Wildman–Crippen LogP) is 6.34. The van der Waals surface area contributed by atoms with Gasteiger partial charge >= 0.3 is 0 Å². The summed E-state index contributed by atoms with van der Waals surface area (Å²) in [5, 5.41) is 14.5. The number of aromatic nitrogens is 4. The van der Waals surface area contributed by atoms with Gasteiger partial charge in [0.15, 0.2) is 5.82 Å². The molecule has 0 unspecified atom stereocenters. The molecule has 0 amide bonds. The predicted molar refractivity (Wildman–Crippen MR) is 143 cm³/mol. The van der Waals surface area contributed by atoms with Gasteiger partial charge in [-0.05, 0) is 62.3 Å². The number of nitrogens with zero attached hydrogens (tertiary/aromatic N) is 4. The van der Waals surface area contributed by atoms with Gasteiger partial charge in [-0.25, -0.2) is 9.98 Å². The third kappa shape index (κ3) is 7.86. The average Bonchev–Trinajstić information content (AvgIpc) is 3.32. The summed E-state index contributed by atoms with van der Waals surface area (Å²) in [6.07, 6.45) is 20.8. The van der Waals surface area contributed by atoms with Crippen molar-refractivity contribution < 1.29 is 14.6 Å². The molecule has 0 spiro atoms. The number of rotatable bonds is 4. The Morgan fingerprint density at radius 1 is 1.00 bits per heavy atom. The van der Waals surface area contributed by atoms with Gasteiger partial charge in [0.05, 0.1) is 12.2 Å². The molecule has 5 rings (SSSR count). The Bertz CT molecular complexity index is 1010. The van der Waals surface area contributed by atoms with Crippen molar-refractivity contribution in [3.8, 4) is 11.4 Å². The first-order valence-electron chi connectivity index (χ1n) is 13.3. The number of ether oxygens (including phenoxy) is 1. The van der Waals surface area contributed by atoms with Crippen molar-refractivity contribution in [2.24, 2.45) is 4.99 Å². The molecular formula is C28H39N5O3. The second-order valence-corrected chi connectivity index (χ2v) is 8.97. The fraction of sp³-hybridized carbons (Fsp3) is 0.536. The molecule has 2 fully saturated rings. The van der Waals surface area contributed by atoms with Gasteiger partial charge in [0, 0.05) is 23.8 Å². The molecular weight excluding hydrogens is 454 g/mol. The zero-order valence-electron chi connectivity index (χ0n) is 21.5. The molecule has 2 aromatic heterocycles. The fourth-order valence-corrected chi connectivity index (χ4v) is 4.79. The molecule has 2 aromatic rings. The standard InChI is InChI=1S/C25H31N5O.C2H6.CH2O2/c1-3-7-19(8-4-1)24-28-25(30-29-24)20-11-13-22(27-17-20)18-12-14-23(26-16-15-18)31-21-9-5-2-6-10-21;1-2;2-1-3/h11-15,17,19,21H,1-10,16H2,(H,28,29,30);1-2H3;1H,(H,2,3). The minimum atomic E-state index is -0.250. The minimum Gasteiger partial charge on any atom is -0.483 e. The van der Waals surface area contributed by atoms with Crippen LogP contribution in [0.4, 0.5) is 0 Å². The number of hydrogen-bond acceptors (Lipinski definition) is 6.